The Morgan fingerprint density at radius 3 is 2.67 bits per heavy atom. The molecule has 2 aromatic carbocycles. The van der Waals surface area contributed by atoms with Crippen molar-refractivity contribution in [3.05, 3.63) is 64.7 Å². The number of nitrogens with zero attached hydrogens (tertiary/aromatic N) is 1. The average Bonchev–Trinajstić information content (AvgIpc) is 2.48. The number of benzene rings is 2. The minimum Gasteiger partial charge on any atom is -0.325 e. The fourth-order valence-electron chi connectivity index (χ4n) is 2.03. The lowest BCUT2D eigenvalue weighted by molar-refractivity contribution is -0.116. The van der Waals surface area contributed by atoms with Gasteiger partial charge in [0.1, 0.15) is 6.07 Å². The zero-order valence-electron chi connectivity index (χ0n) is 11.5. The van der Waals surface area contributed by atoms with Crippen LogP contribution < -0.4 is 5.32 Å². The van der Waals surface area contributed by atoms with Gasteiger partial charge in [-0.1, -0.05) is 41.9 Å². The summed E-state index contributed by atoms with van der Waals surface area (Å²) in [5, 5.41) is 12.2. The first kappa shape index (κ1) is 15.1. The van der Waals surface area contributed by atoms with Gasteiger partial charge in [0.15, 0.2) is 0 Å². The van der Waals surface area contributed by atoms with Crippen molar-refractivity contribution in [3.63, 3.8) is 0 Å². The number of carbonyl (C=O) groups excluding carboxylic acids is 1. The molecule has 1 amide bonds. The molecule has 3 nitrogen and oxygen atoms in total. The summed E-state index contributed by atoms with van der Waals surface area (Å²) < 4.78 is 0. The molecule has 0 aliphatic rings. The molecule has 21 heavy (non-hydrogen) atoms. The minimum absolute atomic E-state index is 0.107. The van der Waals surface area contributed by atoms with Crippen molar-refractivity contribution in [1.82, 2.24) is 0 Å². The molecule has 0 bridgehead atoms. The van der Waals surface area contributed by atoms with Gasteiger partial charge in [-0.25, -0.2) is 0 Å². The number of hydrogen-bond acceptors (Lipinski definition) is 2. The lowest BCUT2D eigenvalue weighted by Crippen LogP contribution is -2.12. The number of hydrogen-bond donors (Lipinski definition) is 1. The third kappa shape index (κ3) is 4.62. The zero-order valence-corrected chi connectivity index (χ0v) is 12.2. The highest BCUT2D eigenvalue weighted by molar-refractivity contribution is 6.31. The lowest BCUT2D eigenvalue weighted by atomic mass is 10.1. The number of rotatable bonds is 5. The number of halogens is 1. The maximum atomic E-state index is 11.9. The summed E-state index contributed by atoms with van der Waals surface area (Å²) in [5.41, 5.74) is 2.09. The van der Waals surface area contributed by atoms with E-state index in [2.05, 4.69) is 5.32 Å². The summed E-state index contributed by atoms with van der Waals surface area (Å²) in [6.45, 7) is 0. The van der Waals surface area contributed by atoms with Crippen LogP contribution in [0.15, 0.2) is 48.5 Å². The van der Waals surface area contributed by atoms with Crippen LogP contribution >= 0.6 is 11.6 Å². The van der Waals surface area contributed by atoms with Gasteiger partial charge in [-0.15, -0.1) is 0 Å². The Morgan fingerprint density at radius 2 is 1.95 bits per heavy atom. The number of aryl methyl sites for hydroxylation is 1. The molecular weight excluding hydrogens is 284 g/mol. The Hall–Kier alpha value is -2.31. The standard InChI is InChI=1S/C17H15ClN2O/c18-15-10-9-14(12-19)16(11-15)20-17(21)8-4-7-13-5-2-1-3-6-13/h1-3,5-6,9-11H,4,7-8H2,(H,20,21). The highest BCUT2D eigenvalue weighted by Crippen LogP contribution is 2.20. The smallest absolute Gasteiger partial charge is 0.224 e. The summed E-state index contributed by atoms with van der Waals surface area (Å²) in [6.07, 6.45) is 2.03. The molecule has 0 aliphatic carbocycles. The van der Waals surface area contributed by atoms with Crippen molar-refractivity contribution in [1.29, 1.82) is 5.26 Å². The predicted octanol–water partition coefficient (Wildman–Crippen LogP) is 4.17. The van der Waals surface area contributed by atoms with Crippen LogP contribution in [0.4, 0.5) is 5.69 Å². The van der Waals surface area contributed by atoms with Crippen molar-refractivity contribution in [2.24, 2.45) is 0 Å². The molecule has 1 N–H and O–H groups in total. The maximum absolute atomic E-state index is 11.9. The van der Waals surface area contributed by atoms with E-state index in [9.17, 15) is 4.79 Å². The van der Waals surface area contributed by atoms with Gasteiger partial charge in [-0.2, -0.15) is 5.26 Å². The molecule has 0 aromatic heterocycles. The molecule has 0 unspecified atom stereocenters. The maximum Gasteiger partial charge on any atom is 0.224 e. The van der Waals surface area contributed by atoms with Crippen LogP contribution in [0.2, 0.25) is 5.02 Å². The van der Waals surface area contributed by atoms with Crippen LogP contribution in [0.25, 0.3) is 0 Å². The Labute approximate surface area is 129 Å². The van der Waals surface area contributed by atoms with Crippen LogP contribution in [0.5, 0.6) is 0 Å². The van der Waals surface area contributed by atoms with Crippen LogP contribution in [-0.2, 0) is 11.2 Å². The van der Waals surface area contributed by atoms with Gasteiger partial charge in [-0.3, -0.25) is 4.79 Å². The molecule has 0 spiro atoms. The van der Waals surface area contributed by atoms with E-state index in [0.29, 0.717) is 22.7 Å². The van der Waals surface area contributed by atoms with Crippen molar-refractivity contribution >= 4 is 23.2 Å². The van der Waals surface area contributed by atoms with E-state index in [1.165, 1.54) is 5.56 Å². The molecular formula is C17H15ClN2O. The van der Waals surface area contributed by atoms with Gasteiger partial charge in [0, 0.05) is 11.4 Å². The lowest BCUT2D eigenvalue weighted by Gasteiger charge is -2.07. The Balaban J connectivity index is 1.88. The summed E-state index contributed by atoms with van der Waals surface area (Å²) in [5.74, 6) is -0.107. The number of anilines is 1. The van der Waals surface area contributed by atoms with E-state index in [-0.39, 0.29) is 5.91 Å². The fraction of sp³-hybridized carbons (Fsp3) is 0.176. The molecule has 0 saturated carbocycles. The first-order chi connectivity index (χ1) is 10.2. The van der Waals surface area contributed by atoms with E-state index in [4.69, 9.17) is 16.9 Å². The third-order valence-corrected chi connectivity index (χ3v) is 3.32. The molecule has 106 valence electrons. The first-order valence-electron chi connectivity index (χ1n) is 6.72. The molecule has 0 saturated heterocycles. The van der Waals surface area contributed by atoms with Gasteiger partial charge in [0.05, 0.1) is 11.3 Å². The number of amides is 1. The number of carbonyl (C=O) groups is 1. The second-order valence-corrected chi connectivity index (χ2v) is 5.13. The average molecular weight is 299 g/mol. The highest BCUT2D eigenvalue weighted by atomic mass is 35.5. The highest BCUT2D eigenvalue weighted by Gasteiger charge is 2.07. The largest absolute Gasteiger partial charge is 0.325 e. The first-order valence-corrected chi connectivity index (χ1v) is 7.10. The van der Waals surface area contributed by atoms with Gasteiger partial charge in [0.2, 0.25) is 5.91 Å². The van der Waals surface area contributed by atoms with Gasteiger partial charge in [-0.05, 0) is 36.6 Å². The summed E-state index contributed by atoms with van der Waals surface area (Å²) in [6, 6.07) is 16.9. The van der Waals surface area contributed by atoms with Crippen LogP contribution in [0, 0.1) is 11.3 Å². The number of nitrogens with one attached hydrogen (secondary N) is 1. The van der Waals surface area contributed by atoms with Crippen molar-refractivity contribution in [2.45, 2.75) is 19.3 Å². The molecule has 2 rings (SSSR count). The van der Waals surface area contributed by atoms with Crippen molar-refractivity contribution in [3.8, 4) is 6.07 Å². The summed E-state index contributed by atoms with van der Waals surface area (Å²) in [4.78, 5) is 11.9. The Bertz CT molecular complexity index is 662. The third-order valence-electron chi connectivity index (χ3n) is 3.09. The van der Waals surface area contributed by atoms with E-state index >= 15 is 0 Å². The summed E-state index contributed by atoms with van der Waals surface area (Å²) >= 11 is 5.88. The van der Waals surface area contributed by atoms with E-state index < -0.39 is 0 Å². The van der Waals surface area contributed by atoms with Gasteiger partial charge < -0.3 is 5.32 Å². The second-order valence-electron chi connectivity index (χ2n) is 4.69. The Morgan fingerprint density at radius 1 is 1.19 bits per heavy atom. The van der Waals surface area contributed by atoms with E-state index in [0.717, 1.165) is 12.8 Å². The van der Waals surface area contributed by atoms with Crippen molar-refractivity contribution in [2.75, 3.05) is 5.32 Å². The molecule has 2 aromatic rings. The van der Waals surface area contributed by atoms with Gasteiger partial charge >= 0.3 is 0 Å². The van der Waals surface area contributed by atoms with E-state index in [1.807, 2.05) is 36.4 Å². The van der Waals surface area contributed by atoms with Gasteiger partial charge in [0.25, 0.3) is 0 Å². The molecule has 0 atom stereocenters. The molecule has 0 radical (unpaired) electrons. The summed E-state index contributed by atoms with van der Waals surface area (Å²) in [7, 11) is 0. The van der Waals surface area contributed by atoms with Crippen molar-refractivity contribution < 1.29 is 4.79 Å². The monoisotopic (exact) mass is 298 g/mol. The van der Waals surface area contributed by atoms with Crippen LogP contribution in [-0.4, -0.2) is 5.91 Å². The second kappa shape index (κ2) is 7.47. The van der Waals surface area contributed by atoms with Crippen LogP contribution in [0.3, 0.4) is 0 Å². The Kier molecular flexibility index (Phi) is 5.36. The normalized spacial score (nSPS) is 9.90. The predicted molar refractivity (Wildman–Crippen MR) is 84.2 cm³/mol. The minimum atomic E-state index is -0.107. The van der Waals surface area contributed by atoms with Crippen LogP contribution in [0.1, 0.15) is 24.0 Å². The zero-order chi connectivity index (χ0) is 15.1. The topological polar surface area (TPSA) is 52.9 Å². The SMILES string of the molecule is N#Cc1ccc(Cl)cc1NC(=O)CCCc1ccccc1. The quantitative estimate of drug-likeness (QED) is 0.900. The van der Waals surface area contributed by atoms with E-state index in [1.54, 1.807) is 18.2 Å². The molecule has 0 fully saturated rings. The molecule has 0 aliphatic heterocycles. The molecule has 4 heteroatoms. The fourth-order valence-corrected chi connectivity index (χ4v) is 2.20. The number of nitriles is 1. The molecule has 0 heterocycles.